The van der Waals surface area contributed by atoms with Gasteiger partial charge in [0.1, 0.15) is 0 Å². The molecule has 0 radical (unpaired) electrons. The van der Waals surface area contributed by atoms with E-state index in [4.69, 9.17) is 10.5 Å². The number of morpholine rings is 1. The van der Waals surface area contributed by atoms with Gasteiger partial charge in [-0.25, -0.2) is 0 Å². The van der Waals surface area contributed by atoms with E-state index >= 15 is 0 Å². The van der Waals surface area contributed by atoms with E-state index in [1.54, 1.807) is 0 Å². The predicted octanol–water partition coefficient (Wildman–Crippen LogP) is 0.0811. The molecular formula is C11H14N6O. The van der Waals surface area contributed by atoms with Gasteiger partial charge in [0.2, 0.25) is 5.95 Å². The van der Waals surface area contributed by atoms with Gasteiger partial charge in [0, 0.05) is 18.8 Å². The normalized spacial score (nSPS) is 15.9. The predicted molar refractivity (Wildman–Crippen MR) is 66.6 cm³/mol. The molecule has 2 N–H and O–H groups in total. The number of rotatable bonds is 2. The van der Waals surface area contributed by atoms with Crippen LogP contribution in [0.5, 0.6) is 0 Å². The maximum absolute atomic E-state index is 5.65. The zero-order valence-electron chi connectivity index (χ0n) is 9.86. The third-order valence-electron chi connectivity index (χ3n) is 2.96. The summed E-state index contributed by atoms with van der Waals surface area (Å²) in [5.41, 5.74) is 7.68. The lowest BCUT2D eigenvalue weighted by molar-refractivity contribution is 0.122. The largest absolute Gasteiger partial charge is 0.378 e. The quantitative estimate of drug-likeness (QED) is 0.808. The van der Waals surface area contributed by atoms with Crippen molar-refractivity contribution in [2.24, 2.45) is 0 Å². The molecule has 0 spiro atoms. The first kappa shape index (κ1) is 11.0. The van der Waals surface area contributed by atoms with Gasteiger partial charge < -0.3 is 15.4 Å². The van der Waals surface area contributed by atoms with E-state index in [-0.39, 0.29) is 5.95 Å². The van der Waals surface area contributed by atoms with Crippen LogP contribution in [0.4, 0.5) is 11.6 Å². The maximum Gasteiger partial charge on any atom is 0.245 e. The monoisotopic (exact) mass is 246 g/mol. The minimum Gasteiger partial charge on any atom is -0.378 e. The van der Waals surface area contributed by atoms with Crippen LogP contribution in [0.2, 0.25) is 0 Å². The Labute approximate surface area is 104 Å². The van der Waals surface area contributed by atoms with E-state index in [0.717, 1.165) is 32.0 Å². The highest BCUT2D eigenvalue weighted by molar-refractivity contribution is 5.51. The van der Waals surface area contributed by atoms with Gasteiger partial charge in [-0.1, -0.05) is 5.10 Å². The summed E-state index contributed by atoms with van der Waals surface area (Å²) in [7, 11) is 0. The first-order chi connectivity index (χ1) is 8.84. The summed E-state index contributed by atoms with van der Waals surface area (Å²) >= 11 is 0. The van der Waals surface area contributed by atoms with E-state index in [9.17, 15) is 0 Å². The van der Waals surface area contributed by atoms with Gasteiger partial charge in [-0.2, -0.15) is 4.68 Å². The fourth-order valence-corrected chi connectivity index (χ4v) is 2.00. The van der Waals surface area contributed by atoms with Crippen LogP contribution in [0.1, 0.15) is 0 Å². The molecule has 7 nitrogen and oxygen atoms in total. The Kier molecular flexibility index (Phi) is 2.81. The molecule has 1 aliphatic heterocycles. The van der Waals surface area contributed by atoms with Crippen molar-refractivity contribution in [1.29, 1.82) is 0 Å². The Morgan fingerprint density at radius 2 is 1.72 bits per heavy atom. The summed E-state index contributed by atoms with van der Waals surface area (Å²) < 4.78 is 6.83. The number of anilines is 2. The molecule has 18 heavy (non-hydrogen) atoms. The van der Waals surface area contributed by atoms with Gasteiger partial charge in [-0.05, 0) is 34.7 Å². The molecule has 3 rings (SSSR count). The Balaban J connectivity index is 1.82. The van der Waals surface area contributed by atoms with Gasteiger partial charge in [0.15, 0.2) is 0 Å². The van der Waals surface area contributed by atoms with E-state index in [1.165, 1.54) is 10.4 Å². The zero-order valence-corrected chi connectivity index (χ0v) is 9.86. The Morgan fingerprint density at radius 1 is 1.06 bits per heavy atom. The van der Waals surface area contributed by atoms with Crippen LogP contribution in [0.25, 0.3) is 5.69 Å². The van der Waals surface area contributed by atoms with Crippen molar-refractivity contribution in [2.75, 3.05) is 36.9 Å². The minimum absolute atomic E-state index is 0.286. The summed E-state index contributed by atoms with van der Waals surface area (Å²) in [5, 5.41) is 11.0. The average Bonchev–Trinajstić information content (AvgIpc) is 2.86. The lowest BCUT2D eigenvalue weighted by atomic mass is 10.2. The van der Waals surface area contributed by atoms with E-state index in [2.05, 4.69) is 20.4 Å². The van der Waals surface area contributed by atoms with E-state index in [1.807, 2.05) is 24.3 Å². The number of nitrogen functional groups attached to an aromatic ring is 1. The van der Waals surface area contributed by atoms with Crippen molar-refractivity contribution < 1.29 is 4.74 Å². The third-order valence-corrected chi connectivity index (χ3v) is 2.96. The van der Waals surface area contributed by atoms with Crippen molar-refractivity contribution in [1.82, 2.24) is 20.2 Å². The molecular weight excluding hydrogens is 232 g/mol. The van der Waals surface area contributed by atoms with Crippen LogP contribution >= 0.6 is 0 Å². The van der Waals surface area contributed by atoms with Gasteiger partial charge in [-0.15, -0.1) is 0 Å². The third kappa shape index (κ3) is 2.00. The van der Waals surface area contributed by atoms with Gasteiger partial charge in [-0.3, -0.25) is 0 Å². The van der Waals surface area contributed by atoms with Crippen molar-refractivity contribution in [3.8, 4) is 5.69 Å². The number of nitrogens with two attached hydrogens (primary N) is 1. The molecule has 2 aromatic rings. The number of aromatic nitrogens is 4. The second-order valence-electron chi connectivity index (χ2n) is 4.06. The molecule has 1 aromatic carbocycles. The fourth-order valence-electron chi connectivity index (χ4n) is 2.00. The first-order valence-corrected chi connectivity index (χ1v) is 5.81. The molecule has 0 unspecified atom stereocenters. The summed E-state index contributed by atoms with van der Waals surface area (Å²) in [5.74, 6) is 0.286. The van der Waals surface area contributed by atoms with Gasteiger partial charge in [0.25, 0.3) is 0 Å². The average molecular weight is 246 g/mol. The molecule has 0 aliphatic carbocycles. The summed E-state index contributed by atoms with van der Waals surface area (Å²) in [6.07, 6.45) is 0. The summed E-state index contributed by atoms with van der Waals surface area (Å²) in [6, 6.07) is 8.00. The lowest BCUT2D eigenvalue weighted by Crippen LogP contribution is -2.36. The van der Waals surface area contributed by atoms with Crippen LogP contribution in [-0.2, 0) is 4.74 Å². The van der Waals surface area contributed by atoms with Crippen LogP contribution in [0.15, 0.2) is 24.3 Å². The van der Waals surface area contributed by atoms with Crippen molar-refractivity contribution in [3.05, 3.63) is 24.3 Å². The highest BCUT2D eigenvalue weighted by atomic mass is 16.5. The zero-order chi connectivity index (χ0) is 12.4. The van der Waals surface area contributed by atoms with Crippen LogP contribution in [0.3, 0.4) is 0 Å². The molecule has 1 aliphatic rings. The maximum atomic E-state index is 5.65. The van der Waals surface area contributed by atoms with Crippen LogP contribution in [-0.4, -0.2) is 46.5 Å². The molecule has 0 amide bonds. The second kappa shape index (κ2) is 4.61. The topological polar surface area (TPSA) is 82.1 Å². The fraction of sp³-hybridized carbons (Fsp3) is 0.364. The lowest BCUT2D eigenvalue weighted by Gasteiger charge is -2.28. The standard InChI is InChI=1S/C11H14N6O/c12-11-13-14-15-17(11)10-3-1-9(2-4-10)16-5-7-18-8-6-16/h1-4H,5-8H2,(H2,12,13,15). The summed E-state index contributed by atoms with van der Waals surface area (Å²) in [6.45, 7) is 3.40. The molecule has 0 atom stereocenters. The summed E-state index contributed by atoms with van der Waals surface area (Å²) in [4.78, 5) is 2.29. The van der Waals surface area contributed by atoms with Crippen molar-refractivity contribution in [3.63, 3.8) is 0 Å². The smallest absolute Gasteiger partial charge is 0.245 e. The Bertz CT molecular complexity index is 517. The number of ether oxygens (including phenoxy) is 1. The number of benzene rings is 1. The molecule has 1 aromatic heterocycles. The SMILES string of the molecule is Nc1nnnn1-c1ccc(N2CCOCC2)cc1. The highest BCUT2D eigenvalue weighted by Crippen LogP contribution is 2.18. The Hall–Kier alpha value is -2.15. The number of tetrazole rings is 1. The molecule has 94 valence electrons. The van der Waals surface area contributed by atoms with Crippen molar-refractivity contribution >= 4 is 11.6 Å². The van der Waals surface area contributed by atoms with Crippen LogP contribution in [0, 0.1) is 0 Å². The molecule has 2 heterocycles. The van der Waals surface area contributed by atoms with Gasteiger partial charge >= 0.3 is 0 Å². The van der Waals surface area contributed by atoms with E-state index in [0.29, 0.717) is 0 Å². The first-order valence-electron chi connectivity index (χ1n) is 5.81. The van der Waals surface area contributed by atoms with Crippen molar-refractivity contribution in [2.45, 2.75) is 0 Å². The molecule has 1 fully saturated rings. The van der Waals surface area contributed by atoms with Gasteiger partial charge in [0.05, 0.1) is 18.9 Å². The second-order valence-corrected chi connectivity index (χ2v) is 4.06. The molecule has 0 saturated carbocycles. The van der Waals surface area contributed by atoms with Crippen LogP contribution < -0.4 is 10.6 Å². The number of hydrogen-bond donors (Lipinski definition) is 1. The highest BCUT2D eigenvalue weighted by Gasteiger charge is 2.11. The van der Waals surface area contributed by atoms with E-state index < -0.39 is 0 Å². The minimum atomic E-state index is 0.286. The molecule has 0 bridgehead atoms. The molecule has 1 saturated heterocycles. The Morgan fingerprint density at radius 3 is 2.33 bits per heavy atom. The molecule has 7 heteroatoms. The number of nitrogens with zero attached hydrogens (tertiary/aromatic N) is 5. The number of hydrogen-bond acceptors (Lipinski definition) is 6.